The molecule has 12 unspecified atom stereocenters. The second-order valence-electron chi connectivity index (χ2n) is 30.1. The second-order valence-corrected chi connectivity index (χ2v) is 30.1. The van der Waals surface area contributed by atoms with E-state index in [4.69, 9.17) is 9.47 Å². The first kappa shape index (κ1) is 66.9. The van der Waals surface area contributed by atoms with Crippen LogP contribution in [0.4, 0.5) is 0 Å². The summed E-state index contributed by atoms with van der Waals surface area (Å²) in [7, 11) is 0. The SMILES string of the molecule is C.CC(=O)O[C@H]1CC[C@@]2(C)C(=CC(=O)C3C2C(O)C[C@@]2(C)C3CC[C@]2(C)O)C1.CC(=O)O[C@H]1CC[C@@]2(C)C(=C[C@H](O)C3C2C(O)C[C@@]2(C)C3CC[C@]2(C)O)C1.C[C@]12CC[C@H](O)CC1=C[C@H](O)C1C2C(O)C[C@@]2(C)C1CC[C@]2(C)O.[Na+].[OH-]. The van der Waals surface area contributed by atoms with Crippen molar-refractivity contribution in [2.45, 2.75) is 265 Å². The molecule has 12 aliphatic rings. The average Bonchev–Trinajstić information content (AvgIpc) is 2.84. The molecule has 26 atom stereocenters. The first-order valence-electron chi connectivity index (χ1n) is 30.4. The molecule has 0 aromatic heterocycles. The molecule has 9 saturated carbocycles. The quantitative estimate of drug-likeness (QED) is 0.102. The van der Waals surface area contributed by atoms with Crippen LogP contribution in [0.25, 0.3) is 0 Å². The molecule has 0 aromatic carbocycles. The Balaban J connectivity index is 0.000000172. The van der Waals surface area contributed by atoms with Crippen molar-refractivity contribution in [1.82, 2.24) is 0 Å². The predicted octanol–water partition coefficient (Wildman–Crippen LogP) is 4.82. The van der Waals surface area contributed by atoms with Crippen molar-refractivity contribution in [2.75, 3.05) is 0 Å². The molecule has 12 rings (SSSR count). The zero-order valence-corrected chi connectivity index (χ0v) is 52.3. The minimum atomic E-state index is -0.845. The van der Waals surface area contributed by atoms with Gasteiger partial charge in [0.1, 0.15) is 12.2 Å². The fraction of sp³-hybridized carbons (Fsp3) is 0.862. The third-order valence-electron chi connectivity index (χ3n) is 26.3. The average molecular weight is 1150 g/mol. The molecular formula is C65H103NaO15. The van der Waals surface area contributed by atoms with Crippen LogP contribution in [-0.4, -0.2) is 135 Å². The largest absolute Gasteiger partial charge is 1.00 e. The minimum Gasteiger partial charge on any atom is -0.870 e. The first-order valence-corrected chi connectivity index (χ1v) is 30.4. The van der Waals surface area contributed by atoms with Gasteiger partial charge < -0.3 is 60.9 Å². The zero-order chi connectivity index (χ0) is 57.0. The molecule has 81 heavy (non-hydrogen) atoms. The van der Waals surface area contributed by atoms with Crippen molar-refractivity contribution in [3.63, 3.8) is 0 Å². The topological polar surface area (TPSA) is 282 Å². The van der Waals surface area contributed by atoms with E-state index in [0.717, 1.165) is 87.3 Å². The number of hydrogen-bond acceptors (Lipinski definition) is 15. The van der Waals surface area contributed by atoms with Crippen LogP contribution in [0.1, 0.15) is 199 Å². The Hall–Kier alpha value is -1.57. The number of esters is 2. The van der Waals surface area contributed by atoms with Gasteiger partial charge in [-0.1, -0.05) is 77.8 Å². The van der Waals surface area contributed by atoms with Crippen LogP contribution in [0, 0.1) is 85.8 Å². The third kappa shape index (κ3) is 10.3. The Morgan fingerprint density at radius 2 is 0.840 bits per heavy atom. The maximum atomic E-state index is 13.2. The van der Waals surface area contributed by atoms with E-state index in [2.05, 4.69) is 41.5 Å². The molecule has 0 saturated heterocycles. The van der Waals surface area contributed by atoms with Gasteiger partial charge in [0.25, 0.3) is 0 Å². The maximum Gasteiger partial charge on any atom is 1.00 e. The van der Waals surface area contributed by atoms with E-state index >= 15 is 0 Å². The van der Waals surface area contributed by atoms with Crippen LogP contribution in [0.3, 0.4) is 0 Å². The molecule has 16 heteroatoms. The number of aliphatic hydroxyl groups excluding tert-OH is 6. The molecule has 0 spiro atoms. The van der Waals surface area contributed by atoms with Gasteiger partial charge in [0.15, 0.2) is 5.78 Å². The molecular weight excluding hydrogens is 1040 g/mol. The molecule has 15 nitrogen and oxygen atoms in total. The van der Waals surface area contributed by atoms with Gasteiger partial charge in [0.2, 0.25) is 0 Å². The van der Waals surface area contributed by atoms with E-state index in [1.807, 2.05) is 32.9 Å². The Morgan fingerprint density at radius 1 is 0.494 bits per heavy atom. The fourth-order valence-corrected chi connectivity index (χ4v) is 21.3. The third-order valence-corrected chi connectivity index (χ3v) is 26.3. The molecule has 0 bridgehead atoms. The number of hydrogen-bond donors (Lipinski definition) is 9. The summed E-state index contributed by atoms with van der Waals surface area (Å²) in [6.45, 7) is 21.4. The van der Waals surface area contributed by atoms with Crippen LogP contribution in [0.5, 0.6) is 0 Å². The van der Waals surface area contributed by atoms with Gasteiger partial charge in [-0.05, 0) is 187 Å². The molecule has 0 amide bonds. The summed E-state index contributed by atoms with van der Waals surface area (Å²) in [5.74, 6) is -0.298. The van der Waals surface area contributed by atoms with Crippen LogP contribution < -0.4 is 29.6 Å². The van der Waals surface area contributed by atoms with Gasteiger partial charge in [-0.25, -0.2) is 0 Å². The number of allylic oxidation sites excluding steroid dienone is 1. The number of ketones is 1. The molecule has 9 fully saturated rings. The van der Waals surface area contributed by atoms with E-state index in [1.165, 1.54) is 13.8 Å². The Bertz CT molecular complexity index is 2490. The van der Waals surface area contributed by atoms with Crippen LogP contribution in [0.2, 0.25) is 0 Å². The predicted molar refractivity (Wildman–Crippen MR) is 300 cm³/mol. The normalized spacial score (nSPS) is 53.2. The molecule has 10 N–H and O–H groups in total. The van der Waals surface area contributed by atoms with E-state index < -0.39 is 52.7 Å². The number of carbonyl (C=O) groups excluding carboxylic acids is 3. The first-order chi connectivity index (χ1) is 36.1. The van der Waals surface area contributed by atoms with Crippen LogP contribution in [-0.2, 0) is 23.9 Å². The number of ether oxygens (including phenoxy) is 2. The standard InChI is InChI=1S/C22H34O5.C22H32O5.C20H32O4.CH4.Na.H2O/c2*1-12(23)27-14-5-7-20(2)13(9-14)10-16(24)18-15-6-8-22(4,26)21(15,3)11-17(25)19(18)20;1-18-6-4-12(21)8-11(18)9-14(22)16-13-5-7-20(3,24)19(13,2)10-15(23)17(16)18;;;/h10,14-19,24-26H,5-9,11H2,1-4H3;10,14-15,17-19,25-26H,5-9,11H2,1-4H3;9,12-17,21-24H,4-8,10H2,1-3H3;1H4;;1H2/q;;;;+1;/p-1/t14-,15?,16-,17?,18?,19?,20-,21-,22-;14-,15?,17?,18?,19?,20-,21-,22-;12-,13?,14-,15?,16?,17?,18-,19-,20-;;;/m000.../s1. The summed E-state index contributed by atoms with van der Waals surface area (Å²) in [5.41, 5.74) is -0.865. The van der Waals surface area contributed by atoms with Crippen molar-refractivity contribution in [3.8, 4) is 0 Å². The summed E-state index contributed by atoms with van der Waals surface area (Å²) < 4.78 is 10.8. The van der Waals surface area contributed by atoms with Crippen LogP contribution >= 0.6 is 0 Å². The zero-order valence-electron chi connectivity index (χ0n) is 50.3. The summed E-state index contributed by atoms with van der Waals surface area (Å²) in [4.78, 5) is 35.9. The smallest absolute Gasteiger partial charge is 0.870 e. The monoisotopic (exact) mass is 1150 g/mol. The maximum absolute atomic E-state index is 13.2. The van der Waals surface area contributed by atoms with Crippen molar-refractivity contribution >= 4 is 17.7 Å². The van der Waals surface area contributed by atoms with Gasteiger partial charge in [0.05, 0.1) is 53.4 Å². The van der Waals surface area contributed by atoms with Crippen molar-refractivity contribution < 1.29 is 105 Å². The second kappa shape index (κ2) is 22.5. The van der Waals surface area contributed by atoms with Crippen LogP contribution in [0.15, 0.2) is 34.9 Å². The van der Waals surface area contributed by atoms with Gasteiger partial charge >= 0.3 is 41.5 Å². The number of rotatable bonds is 2. The molecule has 454 valence electrons. The molecule has 0 aromatic rings. The van der Waals surface area contributed by atoms with Gasteiger partial charge in [-0.2, -0.15) is 0 Å². The number of fused-ring (bicyclic) bond motifs is 15. The molecule has 12 aliphatic carbocycles. The van der Waals surface area contributed by atoms with Gasteiger partial charge in [0, 0.05) is 54.8 Å². The van der Waals surface area contributed by atoms with Gasteiger partial charge in [-0.15, -0.1) is 0 Å². The van der Waals surface area contributed by atoms with E-state index in [9.17, 15) is 60.3 Å². The minimum absolute atomic E-state index is 0. The summed E-state index contributed by atoms with van der Waals surface area (Å²) >= 11 is 0. The summed E-state index contributed by atoms with van der Waals surface area (Å²) in [6, 6.07) is 0. The van der Waals surface area contributed by atoms with Crippen molar-refractivity contribution in [2.24, 2.45) is 85.8 Å². The number of carbonyl (C=O) groups is 3. The van der Waals surface area contributed by atoms with E-state index in [-0.39, 0.29) is 159 Å². The Morgan fingerprint density at radius 3 is 1.26 bits per heavy atom. The van der Waals surface area contributed by atoms with E-state index in [1.54, 1.807) is 6.08 Å². The number of aliphatic hydroxyl groups is 9. The fourth-order valence-electron chi connectivity index (χ4n) is 21.3. The summed E-state index contributed by atoms with van der Waals surface area (Å²) in [6.07, 6.45) is 15.4. The summed E-state index contributed by atoms with van der Waals surface area (Å²) in [5, 5.41) is 98.6. The van der Waals surface area contributed by atoms with Gasteiger partial charge in [-0.3, -0.25) is 14.4 Å². The molecule has 0 aliphatic heterocycles. The van der Waals surface area contributed by atoms with Crippen molar-refractivity contribution in [3.05, 3.63) is 34.9 Å². The Labute approximate surface area is 505 Å². The van der Waals surface area contributed by atoms with Crippen molar-refractivity contribution in [1.29, 1.82) is 0 Å². The molecule has 0 heterocycles. The molecule has 0 radical (unpaired) electrons. The van der Waals surface area contributed by atoms with E-state index in [0.29, 0.717) is 44.9 Å². The Kier molecular flexibility index (Phi) is 18.6.